The van der Waals surface area contributed by atoms with Crippen LogP contribution in [0.4, 0.5) is 13.2 Å². The van der Waals surface area contributed by atoms with Gasteiger partial charge in [-0.05, 0) is 31.1 Å². The Bertz CT molecular complexity index is 690. The monoisotopic (exact) mass is 371 g/mol. The average Bonchev–Trinajstić information content (AvgIpc) is 3.03. The molecule has 5 nitrogen and oxygen atoms in total. The van der Waals surface area contributed by atoms with Gasteiger partial charge in [-0.25, -0.2) is 0 Å². The number of likely N-dealkylation sites (tertiary alicyclic amines) is 1. The summed E-state index contributed by atoms with van der Waals surface area (Å²) in [6.45, 7) is 1.74. The molecular formula is C18H24F3N3O2. The minimum atomic E-state index is -4.54. The Kier molecular flexibility index (Phi) is 4.28. The van der Waals surface area contributed by atoms with Crippen molar-refractivity contribution in [1.29, 1.82) is 0 Å². The van der Waals surface area contributed by atoms with Gasteiger partial charge in [0.15, 0.2) is 5.69 Å². The summed E-state index contributed by atoms with van der Waals surface area (Å²) in [5.41, 5.74) is -0.842. The molecule has 2 saturated carbocycles. The lowest BCUT2D eigenvalue weighted by Gasteiger charge is -2.29. The fourth-order valence-electron chi connectivity index (χ4n) is 4.72. The van der Waals surface area contributed by atoms with Crippen molar-refractivity contribution >= 4 is 5.91 Å². The molecule has 1 aliphatic heterocycles. The minimum absolute atomic E-state index is 0.0585. The molecule has 2 aliphatic carbocycles. The number of ether oxygens (including phenoxy) is 1. The van der Waals surface area contributed by atoms with Gasteiger partial charge >= 0.3 is 6.18 Å². The van der Waals surface area contributed by atoms with E-state index in [1.54, 1.807) is 12.0 Å². The van der Waals surface area contributed by atoms with Gasteiger partial charge in [-0.15, -0.1) is 0 Å². The van der Waals surface area contributed by atoms with Crippen molar-refractivity contribution in [2.24, 2.45) is 11.3 Å². The van der Waals surface area contributed by atoms with Gasteiger partial charge in [0, 0.05) is 32.2 Å². The van der Waals surface area contributed by atoms with Crippen LogP contribution < -0.4 is 0 Å². The SMILES string of the molecule is COCC1CN(C(=O)c2cc(C(F)(F)F)nn2C2CC2)CC12CCCC2. The van der Waals surface area contributed by atoms with Gasteiger partial charge in [0.05, 0.1) is 12.6 Å². The predicted octanol–water partition coefficient (Wildman–Crippen LogP) is 3.52. The van der Waals surface area contributed by atoms with E-state index in [4.69, 9.17) is 4.74 Å². The van der Waals surface area contributed by atoms with Crippen molar-refractivity contribution in [1.82, 2.24) is 14.7 Å². The zero-order chi connectivity index (χ0) is 18.5. The van der Waals surface area contributed by atoms with Crippen LogP contribution in [0.3, 0.4) is 0 Å². The summed E-state index contributed by atoms with van der Waals surface area (Å²) in [4.78, 5) is 14.8. The minimum Gasteiger partial charge on any atom is -0.384 e. The molecule has 1 saturated heterocycles. The highest BCUT2D eigenvalue weighted by molar-refractivity contribution is 5.93. The molecule has 2 heterocycles. The summed E-state index contributed by atoms with van der Waals surface area (Å²) < 4.78 is 45.9. The van der Waals surface area contributed by atoms with E-state index in [9.17, 15) is 18.0 Å². The molecule has 0 N–H and O–H groups in total. The number of amides is 1. The Morgan fingerprint density at radius 2 is 2.04 bits per heavy atom. The first-order valence-electron chi connectivity index (χ1n) is 9.29. The highest BCUT2D eigenvalue weighted by Crippen LogP contribution is 2.49. The van der Waals surface area contributed by atoms with Crippen LogP contribution in [0.15, 0.2) is 6.07 Å². The largest absolute Gasteiger partial charge is 0.435 e. The number of halogens is 3. The molecule has 0 bridgehead atoms. The average molecular weight is 371 g/mol. The molecule has 8 heteroatoms. The second-order valence-electron chi connectivity index (χ2n) is 8.00. The summed E-state index contributed by atoms with van der Waals surface area (Å²) in [7, 11) is 1.66. The van der Waals surface area contributed by atoms with Gasteiger partial charge in [0.1, 0.15) is 5.69 Å². The van der Waals surface area contributed by atoms with Crippen LogP contribution in [0, 0.1) is 11.3 Å². The maximum Gasteiger partial charge on any atom is 0.435 e. The zero-order valence-electron chi connectivity index (χ0n) is 14.9. The van der Waals surface area contributed by atoms with Gasteiger partial charge in [0.25, 0.3) is 5.91 Å². The Morgan fingerprint density at radius 3 is 2.62 bits per heavy atom. The Labute approximate surface area is 150 Å². The van der Waals surface area contributed by atoms with E-state index < -0.39 is 11.9 Å². The number of alkyl halides is 3. The van der Waals surface area contributed by atoms with Gasteiger partial charge in [0.2, 0.25) is 0 Å². The Balaban J connectivity index is 1.61. The molecule has 1 spiro atoms. The van der Waals surface area contributed by atoms with Crippen LogP contribution in [-0.2, 0) is 10.9 Å². The zero-order valence-corrected chi connectivity index (χ0v) is 14.9. The molecule has 1 atom stereocenters. The first kappa shape index (κ1) is 17.8. The summed E-state index contributed by atoms with van der Waals surface area (Å²) >= 11 is 0. The van der Waals surface area contributed by atoms with Crippen molar-refractivity contribution in [2.75, 3.05) is 26.8 Å². The second kappa shape index (κ2) is 6.25. The summed E-state index contributed by atoms with van der Waals surface area (Å²) in [5, 5.41) is 3.70. The van der Waals surface area contributed by atoms with E-state index in [1.165, 1.54) is 4.68 Å². The van der Waals surface area contributed by atoms with Crippen molar-refractivity contribution in [3.63, 3.8) is 0 Å². The van der Waals surface area contributed by atoms with E-state index in [0.29, 0.717) is 19.7 Å². The number of methoxy groups -OCH3 is 1. The molecule has 144 valence electrons. The molecule has 4 rings (SSSR count). The molecule has 26 heavy (non-hydrogen) atoms. The van der Waals surface area contributed by atoms with Crippen LogP contribution >= 0.6 is 0 Å². The second-order valence-corrected chi connectivity index (χ2v) is 8.00. The fourth-order valence-corrected chi connectivity index (χ4v) is 4.72. The molecule has 1 unspecified atom stereocenters. The molecule has 0 radical (unpaired) electrons. The first-order chi connectivity index (χ1) is 12.3. The molecular weight excluding hydrogens is 347 g/mol. The third kappa shape index (κ3) is 3.02. The lowest BCUT2D eigenvalue weighted by atomic mass is 9.77. The number of nitrogens with zero attached hydrogens (tertiary/aromatic N) is 3. The third-order valence-corrected chi connectivity index (χ3v) is 6.20. The van der Waals surface area contributed by atoms with E-state index in [2.05, 4.69) is 5.10 Å². The highest BCUT2D eigenvalue weighted by Gasteiger charge is 2.50. The molecule has 1 aromatic rings. The summed E-state index contributed by atoms with van der Waals surface area (Å²) in [5.74, 6) is -0.0805. The molecule has 0 aromatic carbocycles. The molecule has 1 amide bonds. The molecule has 3 aliphatic rings. The lowest BCUT2D eigenvalue weighted by Crippen LogP contribution is -2.32. The number of carbonyl (C=O) groups excluding carboxylic acids is 1. The van der Waals surface area contributed by atoms with Gasteiger partial charge < -0.3 is 9.64 Å². The Morgan fingerprint density at radius 1 is 1.35 bits per heavy atom. The molecule has 3 fully saturated rings. The normalized spacial score (nSPS) is 25.4. The van der Waals surface area contributed by atoms with Crippen LogP contribution in [0.5, 0.6) is 0 Å². The van der Waals surface area contributed by atoms with E-state index in [1.807, 2.05) is 0 Å². The maximum absolute atomic E-state index is 13.1. The number of hydrogen-bond donors (Lipinski definition) is 0. The molecule has 1 aromatic heterocycles. The van der Waals surface area contributed by atoms with Crippen molar-refractivity contribution in [3.8, 4) is 0 Å². The fraction of sp³-hybridized carbons (Fsp3) is 0.778. The number of aromatic nitrogens is 2. The maximum atomic E-state index is 13.1. The Hall–Kier alpha value is -1.57. The van der Waals surface area contributed by atoms with E-state index >= 15 is 0 Å². The summed E-state index contributed by atoms with van der Waals surface area (Å²) in [6.07, 6.45) is 1.40. The highest BCUT2D eigenvalue weighted by atomic mass is 19.4. The van der Waals surface area contributed by atoms with E-state index in [0.717, 1.165) is 44.6 Å². The van der Waals surface area contributed by atoms with Crippen LogP contribution in [0.2, 0.25) is 0 Å². The smallest absolute Gasteiger partial charge is 0.384 e. The quantitative estimate of drug-likeness (QED) is 0.814. The van der Waals surface area contributed by atoms with Crippen LogP contribution in [0.1, 0.15) is 60.7 Å². The van der Waals surface area contributed by atoms with Crippen LogP contribution in [0.25, 0.3) is 0 Å². The van der Waals surface area contributed by atoms with Crippen molar-refractivity contribution in [2.45, 2.75) is 50.7 Å². The number of hydrogen-bond acceptors (Lipinski definition) is 3. The van der Waals surface area contributed by atoms with Crippen LogP contribution in [-0.4, -0.2) is 47.4 Å². The first-order valence-corrected chi connectivity index (χ1v) is 9.29. The lowest BCUT2D eigenvalue weighted by molar-refractivity contribution is -0.141. The number of rotatable bonds is 4. The predicted molar refractivity (Wildman–Crippen MR) is 87.7 cm³/mol. The van der Waals surface area contributed by atoms with Gasteiger partial charge in [-0.1, -0.05) is 12.8 Å². The number of carbonyl (C=O) groups is 1. The van der Waals surface area contributed by atoms with Gasteiger partial charge in [-0.3, -0.25) is 9.48 Å². The summed E-state index contributed by atoms with van der Waals surface area (Å²) in [6, 6.07) is 0.842. The van der Waals surface area contributed by atoms with E-state index in [-0.39, 0.29) is 29.0 Å². The van der Waals surface area contributed by atoms with Gasteiger partial charge in [-0.2, -0.15) is 18.3 Å². The topological polar surface area (TPSA) is 47.4 Å². The third-order valence-electron chi connectivity index (χ3n) is 6.20. The van der Waals surface area contributed by atoms with Crippen molar-refractivity contribution in [3.05, 3.63) is 17.5 Å². The standard InChI is InChI=1S/C18H24F3N3O2/c1-26-10-12-9-23(11-17(12)6-2-3-7-17)16(25)14-8-15(18(19,20)21)22-24(14)13-4-5-13/h8,12-13H,2-7,9-11H2,1H3. The van der Waals surface area contributed by atoms with Crippen molar-refractivity contribution < 1.29 is 22.7 Å².